The second-order valence-electron chi connectivity index (χ2n) is 8.39. The first-order valence-corrected chi connectivity index (χ1v) is 10.6. The highest BCUT2D eigenvalue weighted by molar-refractivity contribution is 5.73. The first-order chi connectivity index (χ1) is 14.0. The highest BCUT2D eigenvalue weighted by Crippen LogP contribution is 2.34. The maximum absolute atomic E-state index is 10.4. The number of hydrogen-bond acceptors (Lipinski definition) is 7. The lowest BCUT2D eigenvalue weighted by Gasteiger charge is -2.21. The number of β-amino-alcohol motifs (C(OH)–C–C–N with tert-alkyl or cyclic N) is 2. The Morgan fingerprint density at radius 1 is 1.00 bits per heavy atom. The molecule has 1 aromatic heterocycles. The molecule has 2 aliphatic rings. The van der Waals surface area contributed by atoms with Crippen LogP contribution in [0.3, 0.4) is 0 Å². The van der Waals surface area contributed by atoms with E-state index < -0.39 is 12.2 Å². The number of anilines is 2. The summed E-state index contributed by atoms with van der Waals surface area (Å²) in [4.78, 5) is 10.6. The van der Waals surface area contributed by atoms with E-state index in [9.17, 15) is 15.3 Å². The number of nitrogens with two attached hydrogens (primary N) is 1. The predicted octanol–water partition coefficient (Wildman–Crippen LogP) is 2.49. The Morgan fingerprint density at radius 2 is 1.72 bits per heavy atom. The zero-order valence-electron chi connectivity index (χ0n) is 16.7. The number of rotatable bonds is 5. The van der Waals surface area contributed by atoms with Crippen LogP contribution in [0.25, 0.3) is 11.3 Å². The molecule has 0 unspecified atom stereocenters. The molecule has 1 aliphatic heterocycles. The molecule has 1 saturated heterocycles. The molecule has 2 heterocycles. The zero-order valence-corrected chi connectivity index (χ0v) is 16.7. The fourth-order valence-corrected chi connectivity index (χ4v) is 4.52. The molecule has 5 N–H and O–H groups in total. The lowest BCUT2D eigenvalue weighted by molar-refractivity contribution is 0.0572. The van der Waals surface area contributed by atoms with Gasteiger partial charge in [0.1, 0.15) is 5.75 Å². The van der Waals surface area contributed by atoms with E-state index in [-0.39, 0.29) is 11.7 Å². The summed E-state index contributed by atoms with van der Waals surface area (Å²) in [6.07, 6.45) is 7.00. The highest BCUT2D eigenvalue weighted by Gasteiger charge is 2.30. The molecule has 0 bridgehead atoms. The van der Waals surface area contributed by atoms with E-state index in [1.807, 2.05) is 17.0 Å². The van der Waals surface area contributed by atoms with Gasteiger partial charge in [0.2, 0.25) is 5.95 Å². The van der Waals surface area contributed by atoms with Crippen molar-refractivity contribution in [1.82, 2.24) is 9.97 Å². The lowest BCUT2D eigenvalue weighted by Crippen LogP contribution is -2.22. The summed E-state index contributed by atoms with van der Waals surface area (Å²) >= 11 is 0. The SMILES string of the molecule is Nc1nc(CCC2CCCCC2)cc(-c2cc(N3C[C@H](O)[C@@H](O)C3)ccc2O)n1. The Hall–Kier alpha value is -2.38. The molecule has 1 aliphatic carbocycles. The molecule has 2 aromatic rings. The molecule has 1 aromatic carbocycles. The molecule has 156 valence electrons. The Morgan fingerprint density at radius 3 is 2.45 bits per heavy atom. The Balaban J connectivity index is 1.55. The van der Waals surface area contributed by atoms with Gasteiger partial charge in [0.15, 0.2) is 0 Å². The number of hydrogen-bond donors (Lipinski definition) is 4. The molecule has 0 radical (unpaired) electrons. The van der Waals surface area contributed by atoms with E-state index in [1.165, 1.54) is 32.1 Å². The van der Waals surface area contributed by atoms with Crippen LogP contribution in [0.2, 0.25) is 0 Å². The van der Waals surface area contributed by atoms with Gasteiger partial charge in [-0.15, -0.1) is 0 Å². The standard InChI is InChI=1S/C22H30N4O3/c23-22-24-15(7-6-14-4-2-1-3-5-14)10-18(25-22)17-11-16(8-9-19(17)27)26-12-20(28)21(29)13-26/h8-11,14,20-21,27-29H,1-7,12-13H2,(H2,23,24,25)/t20-,21-/m0/s1. The number of nitrogens with zero attached hydrogens (tertiary/aromatic N) is 3. The summed E-state index contributed by atoms with van der Waals surface area (Å²) < 4.78 is 0. The molecule has 7 heteroatoms. The maximum Gasteiger partial charge on any atom is 0.220 e. The van der Waals surface area contributed by atoms with Gasteiger partial charge in [-0.1, -0.05) is 32.1 Å². The molecule has 7 nitrogen and oxygen atoms in total. The van der Waals surface area contributed by atoms with E-state index in [0.717, 1.165) is 30.1 Å². The molecule has 0 spiro atoms. The normalized spacial score (nSPS) is 22.9. The van der Waals surface area contributed by atoms with Crippen LogP contribution in [-0.4, -0.2) is 50.6 Å². The molecule has 29 heavy (non-hydrogen) atoms. The minimum atomic E-state index is -0.770. The second kappa shape index (κ2) is 8.55. The van der Waals surface area contributed by atoms with Gasteiger partial charge in [-0.25, -0.2) is 9.97 Å². The Bertz CT molecular complexity index is 844. The van der Waals surface area contributed by atoms with Gasteiger partial charge in [-0.3, -0.25) is 0 Å². The summed E-state index contributed by atoms with van der Waals surface area (Å²) in [5, 5.41) is 30.1. The number of phenolic OH excluding ortho intramolecular Hbond substituents is 1. The quantitative estimate of drug-likeness (QED) is 0.611. The topological polar surface area (TPSA) is 116 Å². The number of phenols is 1. The van der Waals surface area contributed by atoms with Crippen LogP contribution in [0.5, 0.6) is 5.75 Å². The van der Waals surface area contributed by atoms with Gasteiger partial charge in [0, 0.05) is 30.0 Å². The van der Waals surface area contributed by atoms with Crippen LogP contribution < -0.4 is 10.6 Å². The van der Waals surface area contributed by atoms with Gasteiger partial charge in [-0.05, 0) is 43.0 Å². The first-order valence-electron chi connectivity index (χ1n) is 10.6. The third-order valence-corrected chi connectivity index (χ3v) is 6.21. The third-order valence-electron chi connectivity index (χ3n) is 6.21. The van der Waals surface area contributed by atoms with Crippen LogP contribution in [-0.2, 0) is 6.42 Å². The van der Waals surface area contributed by atoms with Crippen LogP contribution in [0.1, 0.15) is 44.2 Å². The van der Waals surface area contributed by atoms with Gasteiger partial charge in [0.25, 0.3) is 0 Å². The fraction of sp³-hybridized carbons (Fsp3) is 0.545. The number of aliphatic hydroxyl groups excluding tert-OH is 2. The van der Waals surface area contributed by atoms with Crippen LogP contribution in [0.15, 0.2) is 24.3 Å². The average molecular weight is 399 g/mol. The maximum atomic E-state index is 10.4. The van der Waals surface area contributed by atoms with E-state index in [2.05, 4.69) is 9.97 Å². The summed E-state index contributed by atoms with van der Waals surface area (Å²) in [7, 11) is 0. The van der Waals surface area contributed by atoms with Crippen molar-refractivity contribution in [3.8, 4) is 17.0 Å². The monoisotopic (exact) mass is 398 g/mol. The Kier molecular flexibility index (Phi) is 5.87. The van der Waals surface area contributed by atoms with Crippen molar-refractivity contribution >= 4 is 11.6 Å². The predicted molar refractivity (Wildman–Crippen MR) is 113 cm³/mol. The van der Waals surface area contributed by atoms with Crippen molar-refractivity contribution in [3.63, 3.8) is 0 Å². The van der Waals surface area contributed by atoms with Crippen molar-refractivity contribution in [1.29, 1.82) is 0 Å². The number of nitrogen functional groups attached to an aromatic ring is 1. The minimum absolute atomic E-state index is 0.116. The molecule has 2 atom stereocenters. The number of aliphatic hydroxyl groups is 2. The minimum Gasteiger partial charge on any atom is -0.507 e. The van der Waals surface area contributed by atoms with Crippen molar-refractivity contribution in [2.45, 2.75) is 57.2 Å². The highest BCUT2D eigenvalue weighted by atomic mass is 16.3. The third kappa shape index (κ3) is 4.62. The van der Waals surface area contributed by atoms with Crippen molar-refractivity contribution in [3.05, 3.63) is 30.0 Å². The summed E-state index contributed by atoms with van der Waals surface area (Å²) in [5.74, 6) is 1.08. The summed E-state index contributed by atoms with van der Waals surface area (Å²) in [6.45, 7) is 0.702. The molecule has 1 saturated carbocycles. The molecule has 4 rings (SSSR count). The molecule has 0 amide bonds. The van der Waals surface area contributed by atoms with Crippen LogP contribution in [0.4, 0.5) is 11.6 Å². The van der Waals surface area contributed by atoms with E-state index in [0.29, 0.717) is 24.3 Å². The Labute approximate surface area is 171 Å². The van der Waals surface area contributed by atoms with Gasteiger partial charge in [0.05, 0.1) is 17.9 Å². The molecular weight excluding hydrogens is 368 g/mol. The van der Waals surface area contributed by atoms with E-state index >= 15 is 0 Å². The summed E-state index contributed by atoms with van der Waals surface area (Å²) in [5.41, 5.74) is 8.85. The van der Waals surface area contributed by atoms with Gasteiger partial charge < -0.3 is 26.0 Å². The van der Waals surface area contributed by atoms with Crippen LogP contribution >= 0.6 is 0 Å². The van der Waals surface area contributed by atoms with E-state index in [4.69, 9.17) is 5.73 Å². The number of aromatic hydroxyl groups is 1. The van der Waals surface area contributed by atoms with Gasteiger partial charge >= 0.3 is 0 Å². The number of benzene rings is 1. The average Bonchev–Trinajstić information content (AvgIpc) is 3.05. The number of aromatic nitrogens is 2. The van der Waals surface area contributed by atoms with Crippen LogP contribution in [0, 0.1) is 5.92 Å². The zero-order chi connectivity index (χ0) is 20.4. The van der Waals surface area contributed by atoms with E-state index in [1.54, 1.807) is 12.1 Å². The number of aryl methyl sites for hydroxylation is 1. The summed E-state index contributed by atoms with van der Waals surface area (Å²) in [6, 6.07) is 7.12. The fourth-order valence-electron chi connectivity index (χ4n) is 4.52. The first kappa shape index (κ1) is 19.9. The smallest absolute Gasteiger partial charge is 0.220 e. The largest absolute Gasteiger partial charge is 0.507 e. The second-order valence-corrected chi connectivity index (χ2v) is 8.39. The molecular formula is C22H30N4O3. The molecule has 2 fully saturated rings. The van der Waals surface area contributed by atoms with Crippen molar-refractivity contribution in [2.24, 2.45) is 5.92 Å². The van der Waals surface area contributed by atoms with Crippen molar-refractivity contribution < 1.29 is 15.3 Å². The van der Waals surface area contributed by atoms with Gasteiger partial charge in [-0.2, -0.15) is 0 Å². The lowest BCUT2D eigenvalue weighted by atomic mass is 9.86. The van der Waals surface area contributed by atoms with Crippen molar-refractivity contribution in [2.75, 3.05) is 23.7 Å².